The molecule has 3 N–H and O–H groups in total. The number of carbonyl (C=O) groups is 1. The van der Waals surface area contributed by atoms with Gasteiger partial charge in [-0.2, -0.15) is 0 Å². The molecule has 1 aromatic heterocycles. The molecule has 5 nitrogen and oxygen atoms in total. The van der Waals surface area contributed by atoms with Gasteiger partial charge in [-0.25, -0.2) is 4.79 Å². The predicted octanol–water partition coefficient (Wildman–Crippen LogP) is 2.53. The highest BCUT2D eigenvalue weighted by atomic mass is 16.5. The van der Waals surface area contributed by atoms with E-state index in [0.29, 0.717) is 18.0 Å². The maximum absolute atomic E-state index is 11.6. The van der Waals surface area contributed by atoms with Crippen molar-refractivity contribution in [2.75, 3.05) is 13.7 Å². The summed E-state index contributed by atoms with van der Waals surface area (Å²) in [4.78, 5) is 18.3. The lowest BCUT2D eigenvalue weighted by Gasteiger charge is -2.02. The number of hydrogen-bond acceptors (Lipinski definition) is 4. The molecular formula is C14H23N3O2. The molecule has 5 heteroatoms. The third-order valence-corrected chi connectivity index (χ3v) is 2.33. The fourth-order valence-electron chi connectivity index (χ4n) is 1.46. The minimum absolute atomic E-state index is 0.348. The maximum Gasteiger partial charge on any atom is 0.355 e. The number of nitrogens with zero attached hydrogens (tertiary/aromatic N) is 1. The zero-order chi connectivity index (χ0) is 14.8. The number of nitrogens with one attached hydrogen (secondary N) is 1. The summed E-state index contributed by atoms with van der Waals surface area (Å²) in [7, 11) is 1.66. The van der Waals surface area contributed by atoms with Crippen molar-refractivity contribution >= 4 is 17.9 Å². The molecule has 0 saturated carbocycles. The Hall–Kier alpha value is -2.04. The van der Waals surface area contributed by atoms with Crippen LogP contribution in [0.5, 0.6) is 0 Å². The summed E-state index contributed by atoms with van der Waals surface area (Å²) in [6, 6.07) is 0. The minimum atomic E-state index is -0.367. The molecule has 1 aromatic rings. The van der Waals surface area contributed by atoms with Crippen LogP contribution in [0.25, 0.3) is 5.70 Å². The summed E-state index contributed by atoms with van der Waals surface area (Å²) in [5.74, 6) is -0.367. The SMILES string of the molecule is CC.CCOC(=O)c1[nH]cc(/C(N)=C/C=NC)c1C. The summed E-state index contributed by atoms with van der Waals surface area (Å²) in [6.45, 7) is 7.94. The van der Waals surface area contributed by atoms with Crippen molar-refractivity contribution in [3.05, 3.63) is 29.1 Å². The number of carbonyl (C=O) groups excluding carboxylic acids is 1. The van der Waals surface area contributed by atoms with Gasteiger partial charge in [0.2, 0.25) is 0 Å². The normalized spacial score (nSPS) is 11.1. The van der Waals surface area contributed by atoms with E-state index >= 15 is 0 Å². The first kappa shape index (κ1) is 17.0. The lowest BCUT2D eigenvalue weighted by molar-refractivity contribution is 0.0519. The molecule has 0 fully saturated rings. The second-order valence-electron chi connectivity index (χ2n) is 3.45. The highest BCUT2D eigenvalue weighted by Crippen LogP contribution is 2.18. The molecule has 106 valence electrons. The number of rotatable bonds is 4. The molecule has 19 heavy (non-hydrogen) atoms. The Morgan fingerprint density at radius 1 is 1.53 bits per heavy atom. The number of allylic oxidation sites excluding steroid dienone is 1. The van der Waals surface area contributed by atoms with Gasteiger partial charge in [-0.1, -0.05) is 13.8 Å². The predicted molar refractivity (Wildman–Crippen MR) is 79.4 cm³/mol. The third kappa shape index (κ3) is 4.62. The quantitative estimate of drug-likeness (QED) is 0.648. The van der Waals surface area contributed by atoms with Crippen molar-refractivity contribution in [3.8, 4) is 0 Å². The minimum Gasteiger partial charge on any atom is -0.461 e. The van der Waals surface area contributed by atoms with Crippen LogP contribution in [0.4, 0.5) is 0 Å². The molecule has 0 radical (unpaired) electrons. The zero-order valence-corrected chi connectivity index (χ0v) is 12.3. The van der Waals surface area contributed by atoms with Crippen molar-refractivity contribution in [1.29, 1.82) is 0 Å². The van der Waals surface area contributed by atoms with Crippen molar-refractivity contribution in [3.63, 3.8) is 0 Å². The number of aliphatic imine (C=N–C) groups is 1. The van der Waals surface area contributed by atoms with E-state index in [2.05, 4.69) is 9.98 Å². The van der Waals surface area contributed by atoms with Crippen molar-refractivity contribution in [2.24, 2.45) is 10.7 Å². The molecular weight excluding hydrogens is 242 g/mol. The van der Waals surface area contributed by atoms with Crippen molar-refractivity contribution in [2.45, 2.75) is 27.7 Å². The van der Waals surface area contributed by atoms with Crippen LogP contribution in [-0.4, -0.2) is 30.8 Å². The molecule has 0 spiro atoms. The summed E-state index contributed by atoms with van der Waals surface area (Å²) < 4.78 is 4.93. The summed E-state index contributed by atoms with van der Waals surface area (Å²) >= 11 is 0. The Labute approximate surface area is 114 Å². The second kappa shape index (κ2) is 8.97. The van der Waals surface area contributed by atoms with Crippen LogP contribution < -0.4 is 5.73 Å². The molecule has 1 heterocycles. The van der Waals surface area contributed by atoms with E-state index in [4.69, 9.17) is 10.5 Å². The number of esters is 1. The number of H-pyrrole nitrogens is 1. The number of aromatic nitrogens is 1. The van der Waals surface area contributed by atoms with Crippen LogP contribution in [0.3, 0.4) is 0 Å². The fourth-order valence-corrected chi connectivity index (χ4v) is 1.46. The Bertz CT molecular complexity index is 459. The lowest BCUT2D eigenvalue weighted by Crippen LogP contribution is -2.07. The van der Waals surface area contributed by atoms with Crippen molar-refractivity contribution in [1.82, 2.24) is 4.98 Å². The number of ether oxygens (including phenoxy) is 1. The van der Waals surface area contributed by atoms with Crippen LogP contribution in [-0.2, 0) is 4.74 Å². The van der Waals surface area contributed by atoms with Gasteiger partial charge < -0.3 is 15.5 Å². The zero-order valence-electron chi connectivity index (χ0n) is 12.3. The van der Waals surface area contributed by atoms with Gasteiger partial charge in [0.25, 0.3) is 0 Å². The fraction of sp³-hybridized carbons (Fsp3) is 0.429. The van der Waals surface area contributed by atoms with Crippen LogP contribution >= 0.6 is 0 Å². The van der Waals surface area contributed by atoms with Gasteiger partial charge >= 0.3 is 5.97 Å². The van der Waals surface area contributed by atoms with Gasteiger partial charge in [0, 0.05) is 30.7 Å². The molecule has 0 aliphatic carbocycles. The van der Waals surface area contributed by atoms with E-state index in [1.54, 1.807) is 32.5 Å². The van der Waals surface area contributed by atoms with Gasteiger partial charge in [0.15, 0.2) is 0 Å². The first-order valence-corrected chi connectivity index (χ1v) is 6.35. The van der Waals surface area contributed by atoms with Crippen molar-refractivity contribution < 1.29 is 9.53 Å². The van der Waals surface area contributed by atoms with Gasteiger partial charge in [0.1, 0.15) is 5.69 Å². The second-order valence-corrected chi connectivity index (χ2v) is 3.45. The van der Waals surface area contributed by atoms with E-state index in [0.717, 1.165) is 11.1 Å². The largest absolute Gasteiger partial charge is 0.461 e. The smallest absolute Gasteiger partial charge is 0.355 e. The maximum atomic E-state index is 11.6. The number of nitrogens with two attached hydrogens (primary N) is 1. The van der Waals surface area contributed by atoms with Crippen LogP contribution in [0, 0.1) is 6.92 Å². The highest BCUT2D eigenvalue weighted by molar-refractivity contribution is 5.92. The van der Waals surface area contributed by atoms with Gasteiger partial charge in [-0.3, -0.25) is 4.99 Å². The molecule has 0 saturated heterocycles. The Morgan fingerprint density at radius 2 is 2.16 bits per heavy atom. The summed E-state index contributed by atoms with van der Waals surface area (Å²) in [5.41, 5.74) is 8.42. The monoisotopic (exact) mass is 265 g/mol. The van der Waals surface area contributed by atoms with Crippen LogP contribution in [0.1, 0.15) is 42.4 Å². The Balaban J connectivity index is 0.00000154. The standard InChI is InChI=1S/C12H17N3O2.C2H6/c1-4-17-12(16)11-8(2)9(7-15-11)10(13)5-6-14-3;1-2/h5-7,15H,4,13H2,1-3H3;1-2H3/b10-5-,14-6?;. The molecule has 0 aromatic carbocycles. The van der Waals surface area contributed by atoms with E-state index in [1.807, 2.05) is 20.8 Å². The average molecular weight is 265 g/mol. The highest BCUT2D eigenvalue weighted by Gasteiger charge is 2.15. The molecule has 0 aliphatic rings. The summed E-state index contributed by atoms with van der Waals surface area (Å²) in [5, 5.41) is 0. The lowest BCUT2D eigenvalue weighted by atomic mass is 10.1. The molecule has 0 bridgehead atoms. The number of aromatic amines is 1. The van der Waals surface area contributed by atoms with Crippen LogP contribution in [0.15, 0.2) is 17.3 Å². The third-order valence-electron chi connectivity index (χ3n) is 2.33. The molecule has 0 aliphatic heterocycles. The van der Waals surface area contributed by atoms with E-state index in [9.17, 15) is 4.79 Å². The van der Waals surface area contributed by atoms with Gasteiger partial charge in [0.05, 0.1) is 6.61 Å². The number of hydrogen-bond donors (Lipinski definition) is 2. The first-order chi connectivity index (χ1) is 9.11. The Kier molecular flexibility index (Phi) is 8.00. The molecule has 0 atom stereocenters. The summed E-state index contributed by atoms with van der Waals surface area (Å²) in [6.07, 6.45) is 4.98. The molecule has 0 amide bonds. The van der Waals surface area contributed by atoms with Gasteiger partial charge in [-0.05, 0) is 25.5 Å². The average Bonchev–Trinajstić information content (AvgIpc) is 2.80. The van der Waals surface area contributed by atoms with Gasteiger partial charge in [-0.15, -0.1) is 0 Å². The first-order valence-electron chi connectivity index (χ1n) is 6.35. The molecule has 1 rings (SSSR count). The van der Waals surface area contributed by atoms with E-state index < -0.39 is 0 Å². The van der Waals surface area contributed by atoms with Crippen LogP contribution in [0.2, 0.25) is 0 Å². The van der Waals surface area contributed by atoms with E-state index in [-0.39, 0.29) is 5.97 Å². The molecule has 0 unspecified atom stereocenters. The van der Waals surface area contributed by atoms with E-state index in [1.165, 1.54) is 0 Å². The Morgan fingerprint density at radius 3 is 2.68 bits per heavy atom. The topological polar surface area (TPSA) is 80.5 Å².